The van der Waals surface area contributed by atoms with Crippen molar-refractivity contribution in [2.75, 3.05) is 11.4 Å². The van der Waals surface area contributed by atoms with Crippen molar-refractivity contribution >= 4 is 28.7 Å². The number of aryl methyl sites for hydroxylation is 1. The Hall–Kier alpha value is -2.59. The first-order chi connectivity index (χ1) is 11.2. The van der Waals surface area contributed by atoms with Crippen LogP contribution in [0.5, 0.6) is 0 Å². The fourth-order valence-electron chi connectivity index (χ4n) is 3.43. The topological polar surface area (TPSA) is 45.5 Å². The number of aromatic nitrogens is 1. The molecule has 4 heteroatoms. The van der Waals surface area contributed by atoms with E-state index in [1.54, 1.807) is 0 Å². The lowest BCUT2D eigenvalue weighted by Gasteiger charge is -2.34. The largest absolute Gasteiger partial charge is 0.389 e. The molecule has 1 aliphatic rings. The quantitative estimate of drug-likeness (QED) is 0.739. The summed E-state index contributed by atoms with van der Waals surface area (Å²) in [7, 11) is 0. The van der Waals surface area contributed by atoms with E-state index in [1.165, 1.54) is 5.56 Å². The van der Waals surface area contributed by atoms with Gasteiger partial charge in [0.15, 0.2) is 6.29 Å². The number of aliphatic hydroxyl groups is 1. The van der Waals surface area contributed by atoms with Crippen LogP contribution in [0.15, 0.2) is 48.5 Å². The van der Waals surface area contributed by atoms with E-state index in [9.17, 15) is 9.90 Å². The number of aliphatic hydroxyl groups excluding tert-OH is 1. The highest BCUT2D eigenvalue weighted by Gasteiger charge is 2.29. The van der Waals surface area contributed by atoms with E-state index in [-0.39, 0.29) is 0 Å². The molecule has 0 saturated heterocycles. The summed E-state index contributed by atoms with van der Waals surface area (Å²) in [5.41, 5.74) is 3.84. The zero-order chi connectivity index (χ0) is 16.0. The molecule has 3 aromatic rings. The normalized spacial score (nSPS) is 17.3. The van der Waals surface area contributed by atoms with Crippen LogP contribution in [0, 0.1) is 6.92 Å². The third-order valence-electron chi connectivity index (χ3n) is 4.49. The fourth-order valence-corrected chi connectivity index (χ4v) is 3.43. The van der Waals surface area contributed by atoms with Crippen LogP contribution in [0.4, 0.5) is 11.5 Å². The van der Waals surface area contributed by atoms with Crippen LogP contribution in [0.1, 0.15) is 15.9 Å². The summed E-state index contributed by atoms with van der Waals surface area (Å²) in [6.45, 7) is 3.04. The van der Waals surface area contributed by atoms with Crippen molar-refractivity contribution in [3.63, 3.8) is 0 Å². The molecule has 1 unspecified atom stereocenters. The molecule has 1 N–H and O–H groups in total. The summed E-state index contributed by atoms with van der Waals surface area (Å²) in [5.74, 6) is 0.871. The maximum atomic E-state index is 11.8. The van der Waals surface area contributed by atoms with Gasteiger partial charge < -0.3 is 14.6 Å². The second kappa shape index (κ2) is 5.25. The average Bonchev–Trinajstić information content (AvgIpc) is 2.88. The average molecular weight is 306 g/mol. The van der Waals surface area contributed by atoms with Crippen molar-refractivity contribution in [3.8, 4) is 0 Å². The van der Waals surface area contributed by atoms with Gasteiger partial charge in [0.25, 0.3) is 0 Å². The Labute approximate surface area is 134 Å². The second-order valence-corrected chi connectivity index (χ2v) is 6.08. The molecule has 1 atom stereocenters. The van der Waals surface area contributed by atoms with Gasteiger partial charge in [-0.05, 0) is 25.1 Å². The van der Waals surface area contributed by atoms with Gasteiger partial charge in [0.2, 0.25) is 0 Å². The van der Waals surface area contributed by atoms with Crippen LogP contribution < -0.4 is 4.90 Å². The first-order valence-electron chi connectivity index (χ1n) is 7.77. The third kappa shape index (κ3) is 2.14. The van der Waals surface area contributed by atoms with E-state index in [1.807, 2.05) is 64.9 Å². The predicted octanol–water partition coefficient (Wildman–Crippen LogP) is 3.27. The molecule has 2 heterocycles. The molecular weight excluding hydrogens is 288 g/mol. The monoisotopic (exact) mass is 306 g/mol. The molecule has 0 bridgehead atoms. The molecule has 116 valence electrons. The SMILES string of the molecule is Cc1ccc(N2CC(O)Cn3c2c(C=O)c2ccccc23)cc1. The van der Waals surface area contributed by atoms with E-state index in [0.29, 0.717) is 18.7 Å². The molecule has 23 heavy (non-hydrogen) atoms. The lowest BCUT2D eigenvalue weighted by atomic mass is 10.1. The molecular formula is C19H18N2O2. The molecule has 2 aromatic carbocycles. The molecule has 4 rings (SSSR count). The molecule has 0 spiro atoms. The Balaban J connectivity index is 1.99. The number of anilines is 2. The number of para-hydroxylation sites is 1. The fraction of sp³-hybridized carbons (Fsp3) is 0.211. The van der Waals surface area contributed by atoms with Crippen LogP contribution >= 0.6 is 0 Å². The van der Waals surface area contributed by atoms with Gasteiger partial charge in [-0.1, -0.05) is 35.9 Å². The zero-order valence-electron chi connectivity index (χ0n) is 12.9. The molecule has 0 fully saturated rings. The van der Waals surface area contributed by atoms with Crippen molar-refractivity contribution in [1.29, 1.82) is 0 Å². The Morgan fingerprint density at radius 3 is 2.57 bits per heavy atom. The zero-order valence-corrected chi connectivity index (χ0v) is 12.9. The van der Waals surface area contributed by atoms with Gasteiger partial charge in [-0.3, -0.25) is 4.79 Å². The van der Waals surface area contributed by atoms with Crippen LogP contribution in [-0.4, -0.2) is 28.6 Å². The lowest BCUT2D eigenvalue weighted by Crippen LogP contribution is -2.38. The van der Waals surface area contributed by atoms with E-state index in [2.05, 4.69) is 0 Å². The predicted molar refractivity (Wildman–Crippen MR) is 91.5 cm³/mol. The van der Waals surface area contributed by atoms with Crippen molar-refractivity contribution in [2.24, 2.45) is 0 Å². The lowest BCUT2D eigenvalue weighted by molar-refractivity contribution is 0.112. The van der Waals surface area contributed by atoms with Gasteiger partial charge in [-0.25, -0.2) is 0 Å². The van der Waals surface area contributed by atoms with E-state index >= 15 is 0 Å². The molecule has 4 nitrogen and oxygen atoms in total. The van der Waals surface area contributed by atoms with Gasteiger partial charge in [0.1, 0.15) is 5.82 Å². The van der Waals surface area contributed by atoms with Gasteiger partial charge in [-0.2, -0.15) is 0 Å². The van der Waals surface area contributed by atoms with Crippen molar-refractivity contribution in [3.05, 3.63) is 59.7 Å². The second-order valence-electron chi connectivity index (χ2n) is 6.08. The summed E-state index contributed by atoms with van der Waals surface area (Å²) in [5, 5.41) is 11.3. The summed E-state index contributed by atoms with van der Waals surface area (Å²) < 4.78 is 2.05. The maximum absolute atomic E-state index is 11.8. The molecule has 0 saturated carbocycles. The smallest absolute Gasteiger partial charge is 0.154 e. The van der Waals surface area contributed by atoms with Crippen molar-refractivity contribution < 1.29 is 9.90 Å². The summed E-state index contributed by atoms with van der Waals surface area (Å²) in [6, 6.07) is 16.0. The van der Waals surface area contributed by atoms with Crippen LogP contribution in [0.2, 0.25) is 0 Å². The Morgan fingerprint density at radius 1 is 1.09 bits per heavy atom. The van der Waals surface area contributed by atoms with Gasteiger partial charge in [0.05, 0.1) is 30.3 Å². The minimum atomic E-state index is -0.473. The van der Waals surface area contributed by atoms with Gasteiger partial charge in [0, 0.05) is 11.1 Å². The molecule has 0 aliphatic carbocycles. The third-order valence-corrected chi connectivity index (χ3v) is 4.49. The van der Waals surface area contributed by atoms with E-state index in [4.69, 9.17) is 0 Å². The number of carbonyl (C=O) groups excluding carboxylic acids is 1. The minimum Gasteiger partial charge on any atom is -0.389 e. The van der Waals surface area contributed by atoms with Crippen LogP contribution in [0.25, 0.3) is 10.9 Å². The standard InChI is InChI=1S/C19H18N2O2/c1-13-6-8-14(9-7-13)20-10-15(23)11-21-18-5-3-2-4-16(18)17(12-22)19(20)21/h2-9,12,15,23H,10-11H2,1H3. The van der Waals surface area contributed by atoms with Gasteiger partial charge in [-0.15, -0.1) is 0 Å². The molecule has 0 radical (unpaired) electrons. The van der Waals surface area contributed by atoms with Crippen molar-refractivity contribution in [1.82, 2.24) is 4.57 Å². The molecule has 0 amide bonds. The Bertz CT molecular complexity index is 880. The van der Waals surface area contributed by atoms with Crippen LogP contribution in [-0.2, 0) is 6.54 Å². The number of carbonyl (C=O) groups is 1. The molecule has 1 aliphatic heterocycles. The minimum absolute atomic E-state index is 0.473. The van der Waals surface area contributed by atoms with Gasteiger partial charge >= 0.3 is 0 Å². The highest BCUT2D eigenvalue weighted by Crippen LogP contribution is 2.38. The van der Waals surface area contributed by atoms with Crippen LogP contribution in [0.3, 0.4) is 0 Å². The number of rotatable bonds is 2. The number of hydrogen-bond acceptors (Lipinski definition) is 3. The molecule has 1 aromatic heterocycles. The first-order valence-corrected chi connectivity index (χ1v) is 7.77. The number of hydrogen-bond donors (Lipinski definition) is 1. The van der Waals surface area contributed by atoms with Crippen molar-refractivity contribution in [2.45, 2.75) is 19.6 Å². The number of fused-ring (bicyclic) bond motifs is 3. The maximum Gasteiger partial charge on any atom is 0.154 e. The van der Waals surface area contributed by atoms with E-state index in [0.717, 1.165) is 28.7 Å². The highest BCUT2D eigenvalue weighted by atomic mass is 16.3. The summed E-state index contributed by atoms with van der Waals surface area (Å²) >= 11 is 0. The Kier molecular flexibility index (Phi) is 3.20. The number of benzene rings is 2. The number of aldehydes is 1. The first kappa shape index (κ1) is 14.0. The highest BCUT2D eigenvalue weighted by molar-refractivity contribution is 6.05. The van der Waals surface area contributed by atoms with E-state index < -0.39 is 6.10 Å². The Morgan fingerprint density at radius 2 is 1.83 bits per heavy atom. The summed E-state index contributed by atoms with van der Waals surface area (Å²) in [4.78, 5) is 13.8. The number of β-amino-alcohol motifs (C(OH)–C–C–N with tert-alkyl or cyclic N) is 1. The number of nitrogens with zero attached hydrogens (tertiary/aromatic N) is 2. The summed E-state index contributed by atoms with van der Waals surface area (Å²) in [6.07, 6.45) is 0.451.